The molecule has 4 rings (SSSR count). The second-order valence-corrected chi connectivity index (χ2v) is 6.79. The highest BCUT2D eigenvalue weighted by Crippen LogP contribution is 2.36. The number of nitrogens with one attached hydrogen (secondary N) is 2. The van der Waals surface area contributed by atoms with Gasteiger partial charge in [-0.1, -0.05) is 12.1 Å². The van der Waals surface area contributed by atoms with Gasteiger partial charge in [-0.05, 0) is 42.0 Å². The number of halogens is 4. The molecule has 10 heteroatoms. The van der Waals surface area contributed by atoms with Crippen molar-refractivity contribution in [3.8, 4) is 0 Å². The number of nitrogens with zero attached hydrogens (tertiary/aromatic N) is 3. The minimum atomic E-state index is -4.71. The van der Waals surface area contributed by atoms with Crippen LogP contribution in [0.3, 0.4) is 0 Å². The van der Waals surface area contributed by atoms with E-state index in [0.29, 0.717) is 11.1 Å². The number of pyridine rings is 3. The third-order valence-corrected chi connectivity index (χ3v) is 4.63. The first-order valence-electron chi connectivity index (χ1n) is 9.37. The summed E-state index contributed by atoms with van der Waals surface area (Å²) in [6.45, 7) is 0. The van der Waals surface area contributed by atoms with E-state index in [1.165, 1.54) is 43.0 Å². The third-order valence-electron chi connectivity index (χ3n) is 4.63. The molecule has 0 fully saturated rings. The Hall–Kier alpha value is -4.08. The molecule has 6 nitrogen and oxygen atoms in total. The predicted molar refractivity (Wildman–Crippen MR) is 109 cm³/mol. The molecule has 2 N–H and O–H groups in total. The fourth-order valence-corrected chi connectivity index (χ4v) is 3.23. The second kappa shape index (κ2) is 8.58. The molecule has 0 unspecified atom stereocenters. The SMILES string of the molecule is O=C(Nc1cccnc1)N[C@@H](c1cnc2c(F)cccc2c1)c1ncccc1C(F)(F)F. The van der Waals surface area contributed by atoms with Gasteiger partial charge in [0.1, 0.15) is 17.4 Å². The molecule has 162 valence electrons. The van der Waals surface area contributed by atoms with E-state index in [9.17, 15) is 22.4 Å². The van der Waals surface area contributed by atoms with Gasteiger partial charge in [0.2, 0.25) is 0 Å². The zero-order chi connectivity index (χ0) is 22.7. The van der Waals surface area contributed by atoms with Crippen LogP contribution in [0, 0.1) is 5.82 Å². The Morgan fingerprint density at radius 1 is 0.969 bits per heavy atom. The zero-order valence-corrected chi connectivity index (χ0v) is 16.3. The summed E-state index contributed by atoms with van der Waals surface area (Å²) in [7, 11) is 0. The van der Waals surface area contributed by atoms with Crippen LogP contribution in [0.5, 0.6) is 0 Å². The summed E-state index contributed by atoms with van der Waals surface area (Å²) in [5.41, 5.74) is -0.815. The first kappa shape index (κ1) is 21.2. The minimum Gasteiger partial charge on any atom is -0.325 e. The van der Waals surface area contributed by atoms with Crippen LogP contribution in [0.2, 0.25) is 0 Å². The lowest BCUT2D eigenvalue weighted by atomic mass is 9.99. The number of amides is 2. The van der Waals surface area contributed by atoms with Crippen LogP contribution in [0.4, 0.5) is 28.0 Å². The number of carbonyl (C=O) groups excluding carboxylic acids is 1. The van der Waals surface area contributed by atoms with E-state index in [2.05, 4.69) is 25.6 Å². The van der Waals surface area contributed by atoms with E-state index < -0.39 is 35.3 Å². The number of anilines is 1. The largest absolute Gasteiger partial charge is 0.418 e. The maximum Gasteiger partial charge on any atom is 0.418 e. The highest BCUT2D eigenvalue weighted by atomic mass is 19.4. The molecule has 1 atom stereocenters. The van der Waals surface area contributed by atoms with Crippen LogP contribution in [-0.4, -0.2) is 21.0 Å². The molecule has 1 aromatic carbocycles. The van der Waals surface area contributed by atoms with Crippen molar-refractivity contribution >= 4 is 22.6 Å². The Morgan fingerprint density at radius 3 is 2.53 bits per heavy atom. The summed E-state index contributed by atoms with van der Waals surface area (Å²) >= 11 is 0. The monoisotopic (exact) mass is 441 g/mol. The van der Waals surface area contributed by atoms with Crippen molar-refractivity contribution in [2.24, 2.45) is 0 Å². The number of fused-ring (bicyclic) bond motifs is 1. The van der Waals surface area contributed by atoms with Crippen LogP contribution < -0.4 is 10.6 Å². The number of aromatic nitrogens is 3. The summed E-state index contributed by atoms with van der Waals surface area (Å²) in [6, 6.07) is 8.84. The highest BCUT2D eigenvalue weighted by molar-refractivity contribution is 5.89. The number of carbonyl (C=O) groups is 1. The molecular formula is C22H15F4N5O. The van der Waals surface area contributed by atoms with Crippen LogP contribution in [0.1, 0.15) is 22.9 Å². The lowest BCUT2D eigenvalue weighted by molar-refractivity contribution is -0.138. The molecule has 2 amide bonds. The van der Waals surface area contributed by atoms with Crippen molar-refractivity contribution in [1.82, 2.24) is 20.3 Å². The van der Waals surface area contributed by atoms with Crippen molar-refractivity contribution < 1.29 is 22.4 Å². The topological polar surface area (TPSA) is 79.8 Å². The van der Waals surface area contributed by atoms with E-state index in [1.54, 1.807) is 18.2 Å². The van der Waals surface area contributed by atoms with Gasteiger partial charge in [-0.2, -0.15) is 13.2 Å². The molecule has 0 radical (unpaired) electrons. The van der Waals surface area contributed by atoms with Gasteiger partial charge in [0, 0.05) is 24.0 Å². The standard InChI is InChI=1S/C22H15F4N5O/c23-17-7-1-4-13-10-14(11-29-18(13)17)19(20-16(22(24,25)26)6-3-9-28-20)31-21(32)30-15-5-2-8-27-12-15/h1-12,19H,(H2,30,31,32)/t19-/m0/s1. The lowest BCUT2D eigenvalue weighted by Crippen LogP contribution is -2.35. The Bertz CT molecular complexity index is 1260. The number of hydrogen-bond acceptors (Lipinski definition) is 4. The molecule has 3 aromatic heterocycles. The molecule has 0 spiro atoms. The van der Waals surface area contributed by atoms with Crippen LogP contribution in [0.25, 0.3) is 10.9 Å². The molecule has 4 aromatic rings. The number of hydrogen-bond donors (Lipinski definition) is 2. The fourth-order valence-electron chi connectivity index (χ4n) is 3.23. The van der Waals surface area contributed by atoms with E-state index in [1.807, 2.05) is 0 Å². The normalized spacial score (nSPS) is 12.4. The highest BCUT2D eigenvalue weighted by Gasteiger charge is 2.37. The third kappa shape index (κ3) is 4.48. The predicted octanol–water partition coefficient (Wildman–Crippen LogP) is 5.09. The fraction of sp³-hybridized carbons (Fsp3) is 0.0909. The first-order chi connectivity index (χ1) is 15.3. The Labute approximate surface area is 179 Å². The van der Waals surface area contributed by atoms with Gasteiger partial charge >= 0.3 is 12.2 Å². The first-order valence-corrected chi connectivity index (χ1v) is 9.37. The van der Waals surface area contributed by atoms with Crippen LogP contribution in [0.15, 0.2) is 73.3 Å². The van der Waals surface area contributed by atoms with Gasteiger partial charge in [0.05, 0.1) is 23.1 Å². The second-order valence-electron chi connectivity index (χ2n) is 6.79. The molecule has 0 saturated carbocycles. The van der Waals surface area contributed by atoms with E-state index in [-0.39, 0.29) is 11.1 Å². The van der Waals surface area contributed by atoms with Gasteiger partial charge in [-0.15, -0.1) is 0 Å². The molecule has 0 bridgehead atoms. The van der Waals surface area contributed by atoms with Gasteiger partial charge in [0.25, 0.3) is 0 Å². The molecule has 32 heavy (non-hydrogen) atoms. The quantitative estimate of drug-likeness (QED) is 0.432. The summed E-state index contributed by atoms with van der Waals surface area (Å²) in [6.07, 6.45) is 0.605. The summed E-state index contributed by atoms with van der Waals surface area (Å²) in [5.74, 6) is -0.568. The number of alkyl halides is 3. The van der Waals surface area contributed by atoms with Crippen molar-refractivity contribution in [1.29, 1.82) is 0 Å². The molecule has 0 aliphatic carbocycles. The van der Waals surface area contributed by atoms with E-state index >= 15 is 0 Å². The molecular weight excluding hydrogens is 426 g/mol. The Kier molecular flexibility index (Phi) is 5.67. The van der Waals surface area contributed by atoms with E-state index in [0.717, 1.165) is 12.1 Å². The average molecular weight is 441 g/mol. The molecule has 3 heterocycles. The lowest BCUT2D eigenvalue weighted by Gasteiger charge is -2.22. The van der Waals surface area contributed by atoms with Crippen LogP contribution >= 0.6 is 0 Å². The smallest absolute Gasteiger partial charge is 0.325 e. The molecule has 0 saturated heterocycles. The van der Waals surface area contributed by atoms with Gasteiger partial charge in [0.15, 0.2) is 0 Å². The Morgan fingerprint density at radius 2 is 1.78 bits per heavy atom. The number of rotatable bonds is 4. The van der Waals surface area contributed by atoms with Crippen LogP contribution in [-0.2, 0) is 6.18 Å². The van der Waals surface area contributed by atoms with Gasteiger partial charge < -0.3 is 10.6 Å². The van der Waals surface area contributed by atoms with Crippen molar-refractivity contribution in [2.75, 3.05) is 5.32 Å². The summed E-state index contributed by atoms with van der Waals surface area (Å²) in [5, 5.41) is 5.40. The van der Waals surface area contributed by atoms with Gasteiger partial charge in [-0.25, -0.2) is 9.18 Å². The minimum absolute atomic E-state index is 0.0619. The average Bonchev–Trinajstić information content (AvgIpc) is 2.77. The van der Waals surface area contributed by atoms with Crippen molar-refractivity contribution in [3.63, 3.8) is 0 Å². The zero-order valence-electron chi connectivity index (χ0n) is 16.3. The number of urea groups is 1. The maximum absolute atomic E-state index is 14.0. The summed E-state index contributed by atoms with van der Waals surface area (Å²) in [4.78, 5) is 24.4. The molecule has 0 aliphatic rings. The summed E-state index contributed by atoms with van der Waals surface area (Å²) < 4.78 is 55.0. The van der Waals surface area contributed by atoms with Crippen molar-refractivity contribution in [3.05, 3.63) is 96.0 Å². The van der Waals surface area contributed by atoms with Crippen molar-refractivity contribution in [2.45, 2.75) is 12.2 Å². The van der Waals surface area contributed by atoms with Gasteiger partial charge in [-0.3, -0.25) is 15.0 Å². The number of para-hydroxylation sites is 1. The molecule has 0 aliphatic heterocycles. The number of benzene rings is 1. The maximum atomic E-state index is 14.0. The van der Waals surface area contributed by atoms with E-state index in [4.69, 9.17) is 0 Å². The Balaban J connectivity index is 1.78.